The van der Waals surface area contributed by atoms with Gasteiger partial charge in [0.05, 0.1) is 6.61 Å². The van der Waals surface area contributed by atoms with Gasteiger partial charge >= 0.3 is 6.18 Å². The van der Waals surface area contributed by atoms with Crippen LogP contribution in [0.1, 0.15) is 5.56 Å². The molecule has 0 radical (unpaired) electrons. The van der Waals surface area contributed by atoms with Crippen LogP contribution in [0.5, 0.6) is 0 Å². The van der Waals surface area contributed by atoms with Crippen LogP contribution in [0.25, 0.3) is 0 Å². The van der Waals surface area contributed by atoms with Gasteiger partial charge < -0.3 is 10.1 Å². The van der Waals surface area contributed by atoms with Crippen LogP contribution < -0.4 is 5.32 Å². The maximum absolute atomic E-state index is 11.7. The van der Waals surface area contributed by atoms with Crippen molar-refractivity contribution in [3.05, 3.63) is 29.8 Å². The summed E-state index contributed by atoms with van der Waals surface area (Å²) in [6, 6.07) is 6.34. The third-order valence-electron chi connectivity index (χ3n) is 1.71. The van der Waals surface area contributed by atoms with Crippen molar-refractivity contribution >= 4 is 12.1 Å². The molecule has 1 aromatic carbocycles. The van der Waals surface area contributed by atoms with E-state index in [-0.39, 0.29) is 6.61 Å². The van der Waals surface area contributed by atoms with E-state index in [0.29, 0.717) is 17.7 Å². The van der Waals surface area contributed by atoms with E-state index in [2.05, 4.69) is 10.1 Å². The summed E-state index contributed by atoms with van der Waals surface area (Å²) in [7, 11) is 0. The quantitative estimate of drug-likeness (QED) is 0.792. The maximum Gasteiger partial charge on any atom is 0.411 e. The second-order valence-electron chi connectivity index (χ2n) is 3.07. The lowest BCUT2D eigenvalue weighted by Crippen LogP contribution is -2.16. The van der Waals surface area contributed by atoms with E-state index in [4.69, 9.17) is 0 Å². The van der Waals surface area contributed by atoms with E-state index in [1.54, 1.807) is 24.3 Å². The molecule has 0 aliphatic carbocycles. The molecule has 1 rings (SSSR count). The lowest BCUT2D eigenvalue weighted by Gasteiger charge is -2.07. The summed E-state index contributed by atoms with van der Waals surface area (Å²) < 4.78 is 39.7. The van der Waals surface area contributed by atoms with E-state index in [1.165, 1.54) is 0 Å². The molecule has 3 nitrogen and oxygen atoms in total. The Hall–Kier alpha value is -1.56. The molecule has 0 saturated carbocycles. The molecule has 0 spiro atoms. The zero-order chi connectivity index (χ0) is 12.0. The van der Waals surface area contributed by atoms with Crippen molar-refractivity contribution in [3.8, 4) is 0 Å². The van der Waals surface area contributed by atoms with Crippen molar-refractivity contribution in [2.45, 2.75) is 12.8 Å². The summed E-state index contributed by atoms with van der Waals surface area (Å²) in [4.78, 5) is 10.1. The molecule has 1 amide bonds. The second kappa shape index (κ2) is 5.50. The smallest absolute Gasteiger partial charge is 0.367 e. The Kier molecular flexibility index (Phi) is 4.30. The Labute approximate surface area is 90.2 Å². The first-order valence-electron chi connectivity index (χ1n) is 4.45. The summed E-state index contributed by atoms with van der Waals surface area (Å²) in [6.45, 7) is -1.37. The molecule has 0 fully saturated rings. The minimum Gasteiger partial charge on any atom is -0.367 e. The zero-order valence-electron chi connectivity index (χ0n) is 8.25. The van der Waals surface area contributed by atoms with Gasteiger partial charge in [-0.3, -0.25) is 4.79 Å². The Morgan fingerprint density at radius 2 is 1.88 bits per heavy atom. The summed E-state index contributed by atoms with van der Waals surface area (Å²) in [5, 5.41) is 2.41. The van der Waals surface area contributed by atoms with E-state index < -0.39 is 12.8 Å². The number of ether oxygens (including phenoxy) is 1. The average Bonchev–Trinajstić information content (AvgIpc) is 2.19. The van der Waals surface area contributed by atoms with Crippen molar-refractivity contribution in [1.82, 2.24) is 0 Å². The molecule has 1 aromatic rings. The minimum absolute atomic E-state index is 0.110. The standard InChI is InChI=1S/C10H10F3NO2/c11-10(12,13)6-16-5-8-1-3-9(4-2-8)14-7-15/h1-4,7H,5-6H2,(H,14,15). The van der Waals surface area contributed by atoms with Crippen molar-refractivity contribution in [2.24, 2.45) is 0 Å². The summed E-state index contributed by atoms with van der Waals surface area (Å²) >= 11 is 0. The van der Waals surface area contributed by atoms with Crippen LogP contribution in [-0.2, 0) is 16.1 Å². The Balaban J connectivity index is 2.40. The van der Waals surface area contributed by atoms with Crippen LogP contribution in [0.4, 0.5) is 18.9 Å². The Morgan fingerprint density at radius 3 is 2.38 bits per heavy atom. The van der Waals surface area contributed by atoms with Crippen LogP contribution in [0, 0.1) is 0 Å². The van der Waals surface area contributed by atoms with Gasteiger partial charge in [0.1, 0.15) is 6.61 Å². The van der Waals surface area contributed by atoms with Crippen molar-refractivity contribution < 1.29 is 22.7 Å². The fourth-order valence-electron chi connectivity index (χ4n) is 1.05. The number of amides is 1. The molecular weight excluding hydrogens is 223 g/mol. The molecular formula is C10H10F3NO2. The molecule has 0 heterocycles. The normalized spacial score (nSPS) is 11.2. The van der Waals surface area contributed by atoms with Crippen molar-refractivity contribution in [3.63, 3.8) is 0 Å². The van der Waals surface area contributed by atoms with Crippen LogP contribution in [0.2, 0.25) is 0 Å². The zero-order valence-corrected chi connectivity index (χ0v) is 8.25. The van der Waals surface area contributed by atoms with Gasteiger partial charge in [-0.1, -0.05) is 12.1 Å². The van der Waals surface area contributed by atoms with Gasteiger partial charge in [-0.15, -0.1) is 0 Å². The van der Waals surface area contributed by atoms with Crippen LogP contribution in [0.15, 0.2) is 24.3 Å². The lowest BCUT2D eigenvalue weighted by molar-refractivity contribution is -0.176. The number of halogens is 3. The molecule has 6 heteroatoms. The predicted octanol–water partition coefficient (Wildman–Crippen LogP) is 2.33. The van der Waals surface area contributed by atoms with Gasteiger partial charge in [-0.25, -0.2) is 0 Å². The highest BCUT2D eigenvalue weighted by atomic mass is 19.4. The molecule has 0 saturated heterocycles. The monoisotopic (exact) mass is 233 g/mol. The predicted molar refractivity (Wildman–Crippen MR) is 51.8 cm³/mol. The van der Waals surface area contributed by atoms with Gasteiger partial charge in [0.15, 0.2) is 0 Å². The minimum atomic E-state index is -4.31. The Morgan fingerprint density at radius 1 is 1.25 bits per heavy atom. The molecule has 0 aromatic heterocycles. The molecule has 0 aliphatic heterocycles. The molecule has 0 unspecified atom stereocenters. The van der Waals surface area contributed by atoms with Crippen molar-refractivity contribution in [1.29, 1.82) is 0 Å². The number of carbonyl (C=O) groups excluding carboxylic acids is 1. The Bertz CT molecular complexity index is 335. The number of rotatable bonds is 5. The second-order valence-corrected chi connectivity index (χ2v) is 3.07. The number of carbonyl (C=O) groups is 1. The molecule has 0 aliphatic rings. The van der Waals surface area contributed by atoms with Gasteiger partial charge in [0.2, 0.25) is 6.41 Å². The fraction of sp³-hybridized carbons (Fsp3) is 0.300. The average molecular weight is 233 g/mol. The molecule has 1 N–H and O–H groups in total. The number of hydrogen-bond donors (Lipinski definition) is 1. The number of hydrogen-bond acceptors (Lipinski definition) is 2. The number of anilines is 1. The first-order chi connectivity index (χ1) is 7.51. The number of benzene rings is 1. The fourth-order valence-corrected chi connectivity index (χ4v) is 1.05. The van der Waals surface area contributed by atoms with Gasteiger partial charge in [0, 0.05) is 5.69 Å². The van der Waals surface area contributed by atoms with E-state index >= 15 is 0 Å². The third kappa shape index (κ3) is 4.79. The summed E-state index contributed by atoms with van der Waals surface area (Å²) in [5.74, 6) is 0. The van der Waals surface area contributed by atoms with Crippen LogP contribution in [0.3, 0.4) is 0 Å². The van der Waals surface area contributed by atoms with Gasteiger partial charge in [-0.05, 0) is 17.7 Å². The van der Waals surface area contributed by atoms with E-state index in [1.807, 2.05) is 0 Å². The third-order valence-corrected chi connectivity index (χ3v) is 1.71. The molecule has 0 bridgehead atoms. The van der Waals surface area contributed by atoms with Crippen molar-refractivity contribution in [2.75, 3.05) is 11.9 Å². The summed E-state index contributed by atoms with van der Waals surface area (Å²) in [5.41, 5.74) is 1.19. The largest absolute Gasteiger partial charge is 0.411 e. The van der Waals surface area contributed by atoms with Gasteiger partial charge in [-0.2, -0.15) is 13.2 Å². The van der Waals surface area contributed by atoms with Gasteiger partial charge in [0.25, 0.3) is 0 Å². The highest BCUT2D eigenvalue weighted by molar-refractivity contribution is 5.70. The highest BCUT2D eigenvalue weighted by Gasteiger charge is 2.27. The first kappa shape index (κ1) is 12.5. The number of nitrogens with one attached hydrogen (secondary N) is 1. The topological polar surface area (TPSA) is 38.3 Å². The SMILES string of the molecule is O=CNc1ccc(COCC(F)(F)F)cc1. The molecule has 0 atom stereocenters. The van der Waals surface area contributed by atoms with Crippen LogP contribution >= 0.6 is 0 Å². The highest BCUT2D eigenvalue weighted by Crippen LogP contribution is 2.16. The maximum atomic E-state index is 11.7. The van der Waals surface area contributed by atoms with E-state index in [9.17, 15) is 18.0 Å². The van der Waals surface area contributed by atoms with Crippen LogP contribution in [-0.4, -0.2) is 19.2 Å². The number of alkyl halides is 3. The first-order valence-corrected chi connectivity index (χ1v) is 4.45. The molecule has 16 heavy (non-hydrogen) atoms. The lowest BCUT2D eigenvalue weighted by atomic mass is 10.2. The molecule has 88 valence electrons. The summed E-state index contributed by atoms with van der Waals surface area (Å²) in [6.07, 6.45) is -3.78. The van der Waals surface area contributed by atoms with E-state index in [0.717, 1.165) is 0 Å².